The van der Waals surface area contributed by atoms with Crippen LogP contribution in [0.4, 0.5) is 0 Å². The van der Waals surface area contributed by atoms with Gasteiger partial charge in [-0.05, 0) is 53.0 Å². The predicted molar refractivity (Wildman–Crippen MR) is 81.6 cm³/mol. The molecule has 1 aromatic rings. The third-order valence-electron chi connectivity index (χ3n) is 2.58. The van der Waals surface area contributed by atoms with Gasteiger partial charge in [-0.1, -0.05) is 19.9 Å². The molecule has 0 unspecified atom stereocenters. The number of rotatable bonds is 8. The fourth-order valence-electron chi connectivity index (χ4n) is 1.60. The van der Waals surface area contributed by atoms with Gasteiger partial charge in [-0.15, -0.1) is 0 Å². The van der Waals surface area contributed by atoms with Crippen LogP contribution >= 0.6 is 15.9 Å². The van der Waals surface area contributed by atoms with Gasteiger partial charge >= 0.3 is 0 Å². The second-order valence-corrected chi connectivity index (χ2v) is 6.93. The van der Waals surface area contributed by atoms with E-state index in [9.17, 15) is 8.42 Å². The Bertz CT molecular complexity index is 503. The molecule has 6 heteroatoms. The Kier molecular flexibility index (Phi) is 6.99. The van der Waals surface area contributed by atoms with Crippen molar-refractivity contribution in [1.82, 2.24) is 10.0 Å². The Balaban J connectivity index is 2.82. The van der Waals surface area contributed by atoms with E-state index >= 15 is 0 Å². The molecule has 4 nitrogen and oxygen atoms in total. The molecule has 0 radical (unpaired) electrons. The van der Waals surface area contributed by atoms with Gasteiger partial charge in [-0.2, -0.15) is 0 Å². The predicted octanol–water partition coefficient (Wildman–Crippen LogP) is 2.64. The highest BCUT2D eigenvalue weighted by atomic mass is 79.9. The number of benzene rings is 1. The average Bonchev–Trinajstić information content (AvgIpc) is 2.36. The molecule has 0 saturated carbocycles. The van der Waals surface area contributed by atoms with Crippen molar-refractivity contribution in [2.24, 2.45) is 0 Å². The van der Waals surface area contributed by atoms with E-state index in [2.05, 4.69) is 32.9 Å². The molecule has 0 aliphatic carbocycles. The van der Waals surface area contributed by atoms with E-state index in [4.69, 9.17) is 0 Å². The summed E-state index contributed by atoms with van der Waals surface area (Å²) in [6, 6.07) is 5.34. The van der Waals surface area contributed by atoms with Gasteiger partial charge in [0.2, 0.25) is 10.0 Å². The zero-order valence-corrected chi connectivity index (χ0v) is 13.8. The zero-order valence-electron chi connectivity index (χ0n) is 11.4. The second-order valence-electron chi connectivity index (χ2n) is 4.34. The van der Waals surface area contributed by atoms with Gasteiger partial charge < -0.3 is 5.32 Å². The zero-order chi connectivity index (χ0) is 14.3. The van der Waals surface area contributed by atoms with Crippen molar-refractivity contribution in [3.8, 4) is 0 Å². The van der Waals surface area contributed by atoms with Gasteiger partial charge in [-0.25, -0.2) is 13.1 Å². The molecule has 1 rings (SSSR count). The van der Waals surface area contributed by atoms with Crippen molar-refractivity contribution in [2.45, 2.75) is 38.1 Å². The van der Waals surface area contributed by atoms with Crippen LogP contribution in [0.1, 0.15) is 32.3 Å². The fraction of sp³-hybridized carbons (Fsp3) is 0.538. The summed E-state index contributed by atoms with van der Waals surface area (Å²) in [6.07, 6.45) is 1.85. The van der Waals surface area contributed by atoms with E-state index in [1.54, 1.807) is 6.07 Å². The van der Waals surface area contributed by atoms with Crippen LogP contribution in [0.25, 0.3) is 0 Å². The van der Waals surface area contributed by atoms with Crippen LogP contribution in [0.3, 0.4) is 0 Å². The minimum Gasteiger partial charge on any atom is -0.313 e. The summed E-state index contributed by atoms with van der Waals surface area (Å²) in [7, 11) is -3.41. The fourth-order valence-corrected chi connectivity index (χ4v) is 3.85. The SMILES string of the molecule is CCCNCc1ccc(S(=O)(=O)NCCC)c(Br)c1. The maximum atomic E-state index is 12.0. The van der Waals surface area contributed by atoms with Gasteiger partial charge in [-0.3, -0.25) is 0 Å². The first-order valence-electron chi connectivity index (χ1n) is 6.50. The van der Waals surface area contributed by atoms with Crippen LogP contribution in [0.2, 0.25) is 0 Å². The minimum atomic E-state index is -3.41. The number of sulfonamides is 1. The van der Waals surface area contributed by atoms with Gasteiger partial charge in [0.05, 0.1) is 4.90 Å². The highest BCUT2D eigenvalue weighted by Crippen LogP contribution is 2.23. The lowest BCUT2D eigenvalue weighted by Crippen LogP contribution is -2.24. The molecule has 108 valence electrons. The number of hydrogen-bond acceptors (Lipinski definition) is 3. The molecule has 0 fully saturated rings. The summed E-state index contributed by atoms with van der Waals surface area (Å²) >= 11 is 3.34. The standard InChI is InChI=1S/C13H21BrN2O2S/c1-3-7-15-10-11-5-6-13(12(14)9-11)19(17,18)16-8-4-2/h5-6,9,15-16H,3-4,7-8,10H2,1-2H3. The molecule has 0 atom stereocenters. The maximum Gasteiger partial charge on any atom is 0.241 e. The molecule has 19 heavy (non-hydrogen) atoms. The van der Waals surface area contributed by atoms with E-state index in [1.807, 2.05) is 19.1 Å². The molecule has 1 aromatic carbocycles. The summed E-state index contributed by atoms with van der Waals surface area (Å²) in [5, 5.41) is 3.29. The van der Waals surface area contributed by atoms with Crippen LogP contribution in [0, 0.1) is 0 Å². The summed E-state index contributed by atoms with van der Waals surface area (Å²) < 4.78 is 27.2. The lowest BCUT2D eigenvalue weighted by molar-refractivity contribution is 0.580. The third-order valence-corrected chi connectivity index (χ3v) is 5.02. The molecular weight excluding hydrogens is 328 g/mol. The number of nitrogens with one attached hydrogen (secondary N) is 2. The summed E-state index contributed by atoms with van der Waals surface area (Å²) in [5.41, 5.74) is 1.06. The molecule has 2 N–H and O–H groups in total. The van der Waals surface area contributed by atoms with Crippen LogP contribution < -0.4 is 10.0 Å². The van der Waals surface area contributed by atoms with Crippen LogP contribution in [-0.2, 0) is 16.6 Å². The van der Waals surface area contributed by atoms with Crippen LogP contribution in [-0.4, -0.2) is 21.5 Å². The molecule has 0 aromatic heterocycles. The first-order valence-corrected chi connectivity index (χ1v) is 8.77. The van der Waals surface area contributed by atoms with Crippen molar-refractivity contribution >= 4 is 26.0 Å². The van der Waals surface area contributed by atoms with Crippen molar-refractivity contribution in [2.75, 3.05) is 13.1 Å². The van der Waals surface area contributed by atoms with Crippen molar-refractivity contribution in [1.29, 1.82) is 0 Å². The second kappa shape index (κ2) is 7.99. The summed E-state index contributed by atoms with van der Waals surface area (Å²) in [4.78, 5) is 0.292. The Morgan fingerprint density at radius 1 is 1.16 bits per heavy atom. The first kappa shape index (κ1) is 16.6. The lowest BCUT2D eigenvalue weighted by atomic mass is 10.2. The molecule has 0 saturated heterocycles. The lowest BCUT2D eigenvalue weighted by Gasteiger charge is -2.10. The van der Waals surface area contributed by atoms with E-state index < -0.39 is 10.0 Å². The molecule has 0 heterocycles. The Morgan fingerprint density at radius 2 is 1.84 bits per heavy atom. The van der Waals surface area contributed by atoms with Gasteiger partial charge in [0.1, 0.15) is 0 Å². The Labute approximate surface area is 124 Å². The maximum absolute atomic E-state index is 12.0. The van der Waals surface area contributed by atoms with E-state index in [0.717, 1.165) is 31.5 Å². The Morgan fingerprint density at radius 3 is 2.42 bits per heavy atom. The van der Waals surface area contributed by atoms with Crippen LogP contribution in [0.5, 0.6) is 0 Å². The van der Waals surface area contributed by atoms with Gasteiger partial charge in [0, 0.05) is 17.6 Å². The normalized spacial score (nSPS) is 11.7. The summed E-state index contributed by atoms with van der Waals surface area (Å²) in [5.74, 6) is 0. The number of hydrogen-bond donors (Lipinski definition) is 2. The highest BCUT2D eigenvalue weighted by molar-refractivity contribution is 9.10. The molecule has 0 amide bonds. The highest BCUT2D eigenvalue weighted by Gasteiger charge is 2.16. The van der Waals surface area contributed by atoms with E-state index in [0.29, 0.717) is 15.9 Å². The topological polar surface area (TPSA) is 58.2 Å². The molecular formula is C13H21BrN2O2S. The first-order chi connectivity index (χ1) is 9.01. The van der Waals surface area contributed by atoms with Crippen LogP contribution in [0.15, 0.2) is 27.6 Å². The van der Waals surface area contributed by atoms with Gasteiger partial charge in [0.25, 0.3) is 0 Å². The van der Waals surface area contributed by atoms with E-state index in [1.165, 1.54) is 0 Å². The minimum absolute atomic E-state index is 0.292. The summed E-state index contributed by atoms with van der Waals surface area (Å²) in [6.45, 7) is 6.19. The molecule has 0 aliphatic heterocycles. The largest absolute Gasteiger partial charge is 0.313 e. The van der Waals surface area contributed by atoms with Gasteiger partial charge in [0.15, 0.2) is 0 Å². The van der Waals surface area contributed by atoms with Crippen molar-refractivity contribution in [3.63, 3.8) is 0 Å². The smallest absolute Gasteiger partial charge is 0.241 e. The third kappa shape index (κ3) is 5.22. The molecule has 0 spiro atoms. The van der Waals surface area contributed by atoms with E-state index in [-0.39, 0.29) is 0 Å². The quantitative estimate of drug-likeness (QED) is 0.710. The Hall–Kier alpha value is -0.430. The van der Waals surface area contributed by atoms with Crippen molar-refractivity contribution in [3.05, 3.63) is 28.2 Å². The number of halogens is 1. The average molecular weight is 349 g/mol. The molecule has 0 bridgehead atoms. The monoisotopic (exact) mass is 348 g/mol. The molecule has 0 aliphatic rings. The van der Waals surface area contributed by atoms with Crippen molar-refractivity contribution < 1.29 is 8.42 Å².